The number of ether oxygens (including phenoxy) is 1. The predicted octanol–water partition coefficient (Wildman–Crippen LogP) is 7.83. The third kappa shape index (κ3) is 5.04. The number of rotatable bonds is 6. The van der Waals surface area contributed by atoms with Crippen LogP contribution in [0.15, 0.2) is 71.8 Å². The number of hydrogen-bond donors (Lipinski definition) is 0. The van der Waals surface area contributed by atoms with Crippen molar-refractivity contribution in [2.45, 2.75) is 4.90 Å². The Hall–Kier alpha value is -4.29. The van der Waals surface area contributed by atoms with Crippen molar-refractivity contribution in [1.29, 1.82) is 0 Å². The lowest BCUT2D eigenvalue weighted by Gasteiger charge is -2.15. The third-order valence-corrected chi connectivity index (χ3v) is 7.60. The first kappa shape index (κ1) is 28.2. The molecular weight excluding hydrogens is 596 g/mol. The smallest absolute Gasteiger partial charge is 0.339 e. The molecule has 210 valence electrons. The van der Waals surface area contributed by atoms with Crippen molar-refractivity contribution in [3.8, 4) is 33.9 Å². The van der Waals surface area contributed by atoms with Crippen molar-refractivity contribution in [3.05, 3.63) is 107 Å². The van der Waals surface area contributed by atoms with Crippen LogP contribution < -0.4 is 8.92 Å². The molecule has 5 nitrogen and oxygen atoms in total. The summed E-state index contributed by atoms with van der Waals surface area (Å²) in [4.78, 5) is 3.72. The van der Waals surface area contributed by atoms with Gasteiger partial charge in [0.25, 0.3) is 0 Å². The Kier molecular flexibility index (Phi) is 7.30. The van der Waals surface area contributed by atoms with Crippen LogP contribution in [0.5, 0.6) is 11.5 Å². The Morgan fingerprint density at radius 3 is 2.12 bits per heavy atom. The molecule has 0 atom stereocenters. The highest BCUT2D eigenvalue weighted by molar-refractivity contribution is 7.87. The fourth-order valence-electron chi connectivity index (χ4n) is 4.13. The van der Waals surface area contributed by atoms with Gasteiger partial charge in [-0.3, -0.25) is 4.98 Å². The highest BCUT2D eigenvalue weighted by Crippen LogP contribution is 2.41. The van der Waals surface area contributed by atoms with Gasteiger partial charge in [-0.15, -0.1) is 0 Å². The van der Waals surface area contributed by atoms with Gasteiger partial charge >= 0.3 is 10.1 Å². The molecule has 0 aliphatic carbocycles. The van der Waals surface area contributed by atoms with Gasteiger partial charge in [-0.1, -0.05) is 29.8 Å². The van der Waals surface area contributed by atoms with Gasteiger partial charge in [0.2, 0.25) is 34.8 Å². The predicted molar refractivity (Wildman–Crippen MR) is 138 cm³/mol. The summed E-state index contributed by atoms with van der Waals surface area (Å²) in [5.74, 6) is -14.2. The minimum Gasteiger partial charge on any atom is -0.496 e. The third-order valence-electron chi connectivity index (χ3n) is 6.07. The van der Waals surface area contributed by atoms with Gasteiger partial charge in [0.15, 0.2) is 0 Å². The molecule has 0 amide bonds. The lowest BCUT2D eigenvalue weighted by atomic mass is 9.98. The van der Waals surface area contributed by atoms with Crippen LogP contribution in [0.25, 0.3) is 33.2 Å². The number of fused-ring (bicyclic) bond motifs is 1. The zero-order chi connectivity index (χ0) is 29.6. The minimum atomic E-state index is -5.07. The first-order valence-corrected chi connectivity index (χ1v) is 13.2. The van der Waals surface area contributed by atoms with E-state index < -0.39 is 55.7 Å². The number of halogens is 7. The monoisotopic (exact) mass is 609 g/mol. The number of nitrogens with zero attached hydrogens (tertiary/aromatic N) is 1. The van der Waals surface area contributed by atoms with Crippen molar-refractivity contribution in [1.82, 2.24) is 4.98 Å². The average Bonchev–Trinajstić information content (AvgIpc) is 2.96. The molecule has 1 aromatic heterocycles. The number of aromatic nitrogens is 1. The molecule has 0 radical (unpaired) electrons. The number of methoxy groups -OCH3 is 1. The Morgan fingerprint density at radius 1 is 0.780 bits per heavy atom. The Morgan fingerprint density at radius 2 is 1.46 bits per heavy atom. The molecule has 0 fully saturated rings. The Balaban J connectivity index is 1.58. The van der Waals surface area contributed by atoms with E-state index in [0.717, 1.165) is 12.1 Å². The molecule has 5 aromatic rings. The van der Waals surface area contributed by atoms with Crippen LogP contribution in [0.4, 0.5) is 26.3 Å². The second-order valence-electron chi connectivity index (χ2n) is 8.52. The summed E-state index contributed by atoms with van der Waals surface area (Å²) in [6.45, 7) is 0. The van der Waals surface area contributed by atoms with Gasteiger partial charge in [-0.05, 0) is 53.4 Å². The Labute approximate surface area is 233 Å². The zero-order valence-corrected chi connectivity index (χ0v) is 22.1. The standard InChI is InChI=1S/C28H14ClF6NO4S/c1-39-21-12-18(13-3-2-4-15(30)9-13)20(29)11-19(21)27-17-6-5-16(10-14(17)7-8-36-27)41(37,38)40-28-25(34)23(32)22(31)24(33)26(28)35/h2-12H,1H3. The van der Waals surface area contributed by atoms with E-state index in [-0.39, 0.29) is 10.4 Å². The Bertz CT molecular complexity index is 1940. The summed E-state index contributed by atoms with van der Waals surface area (Å²) in [6, 6.07) is 13.7. The molecule has 0 spiro atoms. The highest BCUT2D eigenvalue weighted by atomic mass is 35.5. The van der Waals surface area contributed by atoms with Crippen LogP contribution in [0, 0.1) is 34.9 Å². The second kappa shape index (κ2) is 10.6. The van der Waals surface area contributed by atoms with E-state index in [1.165, 1.54) is 43.6 Å². The molecule has 0 saturated heterocycles. The van der Waals surface area contributed by atoms with Gasteiger partial charge in [0, 0.05) is 27.7 Å². The van der Waals surface area contributed by atoms with Crippen LogP contribution >= 0.6 is 11.6 Å². The fourth-order valence-corrected chi connectivity index (χ4v) is 5.37. The quantitative estimate of drug-likeness (QED) is 0.0850. The van der Waals surface area contributed by atoms with Crippen LogP contribution in [-0.4, -0.2) is 20.5 Å². The number of pyridine rings is 1. The fraction of sp³-hybridized carbons (Fsp3) is 0.0357. The molecule has 0 N–H and O–H groups in total. The molecule has 41 heavy (non-hydrogen) atoms. The maximum absolute atomic E-state index is 14.0. The van der Waals surface area contributed by atoms with E-state index in [1.54, 1.807) is 18.2 Å². The molecule has 5 rings (SSSR count). The van der Waals surface area contributed by atoms with Crippen LogP contribution in [0.3, 0.4) is 0 Å². The van der Waals surface area contributed by atoms with E-state index in [2.05, 4.69) is 9.17 Å². The van der Waals surface area contributed by atoms with Crippen LogP contribution in [-0.2, 0) is 10.1 Å². The van der Waals surface area contributed by atoms with Gasteiger partial charge in [0.1, 0.15) is 16.5 Å². The normalized spacial score (nSPS) is 11.6. The molecule has 4 aromatic carbocycles. The van der Waals surface area contributed by atoms with E-state index in [0.29, 0.717) is 33.5 Å². The summed E-state index contributed by atoms with van der Waals surface area (Å²) in [5.41, 5.74) is 1.67. The van der Waals surface area contributed by atoms with Gasteiger partial charge < -0.3 is 8.92 Å². The van der Waals surface area contributed by atoms with E-state index in [9.17, 15) is 34.8 Å². The lowest BCUT2D eigenvalue weighted by molar-refractivity contribution is 0.346. The summed E-state index contributed by atoms with van der Waals surface area (Å²) in [5, 5.41) is 0.876. The molecule has 13 heteroatoms. The minimum absolute atomic E-state index is 0.237. The second-order valence-corrected chi connectivity index (χ2v) is 10.5. The van der Waals surface area contributed by atoms with Crippen LogP contribution in [0.1, 0.15) is 0 Å². The molecule has 0 bridgehead atoms. The zero-order valence-electron chi connectivity index (χ0n) is 20.5. The van der Waals surface area contributed by atoms with Gasteiger partial charge in [-0.25, -0.2) is 17.6 Å². The first-order chi connectivity index (χ1) is 19.4. The van der Waals surface area contributed by atoms with Gasteiger partial charge in [0.05, 0.1) is 12.8 Å². The number of benzene rings is 4. The summed E-state index contributed by atoms with van der Waals surface area (Å²) >= 11 is 6.53. The van der Waals surface area contributed by atoms with E-state index in [4.69, 9.17) is 16.3 Å². The van der Waals surface area contributed by atoms with Crippen molar-refractivity contribution in [3.63, 3.8) is 0 Å². The maximum Gasteiger partial charge on any atom is 0.339 e. The molecule has 0 aliphatic heterocycles. The van der Waals surface area contributed by atoms with Crippen molar-refractivity contribution >= 4 is 32.5 Å². The largest absolute Gasteiger partial charge is 0.496 e. The lowest BCUT2D eigenvalue weighted by Crippen LogP contribution is -2.14. The van der Waals surface area contributed by atoms with Crippen LogP contribution in [0.2, 0.25) is 5.02 Å². The SMILES string of the molecule is COc1cc(-c2cccc(F)c2)c(Cl)cc1-c1nccc2cc(S(=O)(=O)Oc3c(F)c(F)c(F)c(F)c3F)ccc12. The van der Waals surface area contributed by atoms with Crippen molar-refractivity contribution < 1.29 is 43.7 Å². The summed E-state index contributed by atoms with van der Waals surface area (Å²) < 4.78 is 118. The summed E-state index contributed by atoms with van der Waals surface area (Å²) in [7, 11) is -3.67. The molecule has 0 saturated carbocycles. The molecule has 0 unspecified atom stereocenters. The van der Waals surface area contributed by atoms with Crippen molar-refractivity contribution in [2.75, 3.05) is 7.11 Å². The van der Waals surface area contributed by atoms with E-state index in [1.807, 2.05) is 0 Å². The van der Waals surface area contributed by atoms with Crippen molar-refractivity contribution in [2.24, 2.45) is 0 Å². The summed E-state index contributed by atoms with van der Waals surface area (Å²) in [6.07, 6.45) is 1.34. The number of hydrogen-bond acceptors (Lipinski definition) is 5. The topological polar surface area (TPSA) is 65.5 Å². The average molecular weight is 610 g/mol. The van der Waals surface area contributed by atoms with E-state index >= 15 is 0 Å². The molecular formula is C28H14ClF6NO4S. The van der Waals surface area contributed by atoms with Gasteiger partial charge in [-0.2, -0.15) is 17.2 Å². The molecule has 1 heterocycles. The highest BCUT2D eigenvalue weighted by Gasteiger charge is 2.31. The maximum atomic E-state index is 14.0. The first-order valence-electron chi connectivity index (χ1n) is 11.4. The molecule has 0 aliphatic rings.